The molecule has 0 radical (unpaired) electrons. The van der Waals surface area contributed by atoms with Gasteiger partial charge in [-0.15, -0.1) is 0 Å². The summed E-state index contributed by atoms with van der Waals surface area (Å²) in [6, 6.07) is 3.87. The van der Waals surface area contributed by atoms with Gasteiger partial charge in [-0.1, -0.05) is 13.3 Å². The summed E-state index contributed by atoms with van der Waals surface area (Å²) in [5.41, 5.74) is -1.05. The van der Waals surface area contributed by atoms with E-state index in [-0.39, 0.29) is 25.2 Å². The summed E-state index contributed by atoms with van der Waals surface area (Å²) in [4.78, 5) is 28.3. The second-order valence-corrected chi connectivity index (χ2v) is 11.6. The highest BCUT2D eigenvalue weighted by atomic mass is 16.7. The molecule has 2 N–H and O–H groups in total. The Hall–Kier alpha value is -2.82. The number of hydrogen-bond donors (Lipinski definition) is 2. The first-order valence-electron chi connectivity index (χ1n) is 14.1. The van der Waals surface area contributed by atoms with Gasteiger partial charge in [0.25, 0.3) is 0 Å². The molecule has 4 atom stereocenters. The fourth-order valence-electron chi connectivity index (χ4n) is 5.89. The van der Waals surface area contributed by atoms with Crippen LogP contribution in [0.4, 0.5) is 0 Å². The zero-order valence-electron chi connectivity index (χ0n) is 24.2. The van der Waals surface area contributed by atoms with Crippen LogP contribution in [-0.2, 0) is 30.2 Å². The molecule has 0 bridgehead atoms. The minimum absolute atomic E-state index is 0.0737. The molecule has 40 heavy (non-hydrogen) atoms. The summed E-state index contributed by atoms with van der Waals surface area (Å²) in [7, 11) is 2.74. The molecule has 1 aromatic carbocycles. The summed E-state index contributed by atoms with van der Waals surface area (Å²) in [5, 5.41) is 21.6. The summed E-state index contributed by atoms with van der Waals surface area (Å²) >= 11 is 0. The molecule has 1 aliphatic carbocycles. The van der Waals surface area contributed by atoms with Crippen molar-refractivity contribution in [3.05, 3.63) is 35.1 Å². The van der Waals surface area contributed by atoms with E-state index in [4.69, 9.17) is 23.7 Å². The number of unbranched alkanes of at least 4 members (excludes halogenated alkanes) is 1. The van der Waals surface area contributed by atoms with Gasteiger partial charge in [-0.3, -0.25) is 9.69 Å². The first-order valence-corrected chi connectivity index (χ1v) is 14.1. The quantitative estimate of drug-likeness (QED) is 0.368. The lowest BCUT2D eigenvalue weighted by atomic mass is 9.86. The Bertz CT molecular complexity index is 1110. The fourth-order valence-corrected chi connectivity index (χ4v) is 5.89. The third-order valence-electron chi connectivity index (χ3n) is 8.09. The number of rotatable bonds is 12. The van der Waals surface area contributed by atoms with E-state index in [1.54, 1.807) is 21.0 Å². The predicted octanol–water partition coefficient (Wildman–Crippen LogP) is 3.22. The first kappa shape index (κ1) is 30.1. The van der Waals surface area contributed by atoms with Crippen molar-refractivity contribution >= 4 is 11.9 Å². The molecular formula is C30H43NO9. The number of carbonyl (C=O) groups is 2. The van der Waals surface area contributed by atoms with Gasteiger partial charge in [0.1, 0.15) is 5.76 Å². The van der Waals surface area contributed by atoms with Gasteiger partial charge in [0.05, 0.1) is 26.2 Å². The summed E-state index contributed by atoms with van der Waals surface area (Å²) in [6.07, 6.45) is 4.02. The Morgan fingerprint density at radius 3 is 2.48 bits per heavy atom. The molecule has 0 spiro atoms. The van der Waals surface area contributed by atoms with Gasteiger partial charge in [-0.05, 0) is 81.8 Å². The van der Waals surface area contributed by atoms with Crippen molar-refractivity contribution in [3.8, 4) is 11.5 Å². The van der Waals surface area contributed by atoms with Crippen molar-refractivity contribution in [1.29, 1.82) is 0 Å². The van der Waals surface area contributed by atoms with Crippen LogP contribution in [0.5, 0.6) is 11.5 Å². The maximum absolute atomic E-state index is 13.7. The molecule has 10 nitrogen and oxygen atoms in total. The summed E-state index contributed by atoms with van der Waals surface area (Å²) in [6.45, 7) is 7.29. The number of benzene rings is 1. The van der Waals surface area contributed by atoms with E-state index in [9.17, 15) is 19.8 Å². The monoisotopic (exact) mass is 561 g/mol. The maximum atomic E-state index is 13.7. The molecule has 0 fully saturated rings. The lowest BCUT2D eigenvalue weighted by molar-refractivity contribution is -0.178. The Balaban J connectivity index is 1.68. The molecule has 0 saturated heterocycles. The van der Waals surface area contributed by atoms with Crippen molar-refractivity contribution in [2.75, 3.05) is 34.1 Å². The van der Waals surface area contributed by atoms with Crippen LogP contribution in [0, 0.1) is 0 Å². The molecule has 2 aliphatic heterocycles. The lowest BCUT2D eigenvalue weighted by Gasteiger charge is -2.34. The van der Waals surface area contributed by atoms with Crippen molar-refractivity contribution in [1.82, 2.24) is 4.90 Å². The van der Waals surface area contributed by atoms with Crippen LogP contribution in [0.15, 0.2) is 24.0 Å². The van der Waals surface area contributed by atoms with Crippen LogP contribution in [0.1, 0.15) is 76.3 Å². The summed E-state index contributed by atoms with van der Waals surface area (Å²) < 4.78 is 28.0. The van der Waals surface area contributed by atoms with E-state index < -0.39 is 35.7 Å². The Kier molecular flexibility index (Phi) is 9.32. The van der Waals surface area contributed by atoms with E-state index in [0.717, 1.165) is 43.5 Å². The van der Waals surface area contributed by atoms with Gasteiger partial charge in [-0.25, -0.2) is 4.79 Å². The smallest absolute Gasteiger partial charge is 0.339 e. The minimum Gasteiger partial charge on any atom is -0.497 e. The molecule has 4 rings (SSSR count). The van der Waals surface area contributed by atoms with Crippen LogP contribution >= 0.6 is 0 Å². The highest BCUT2D eigenvalue weighted by Crippen LogP contribution is 2.47. The van der Waals surface area contributed by atoms with Crippen molar-refractivity contribution < 1.29 is 43.5 Å². The molecule has 3 aliphatic rings. The number of aliphatic hydroxyl groups is 2. The van der Waals surface area contributed by atoms with Crippen LogP contribution < -0.4 is 9.47 Å². The van der Waals surface area contributed by atoms with E-state index in [1.165, 1.54) is 7.11 Å². The second-order valence-electron chi connectivity index (χ2n) is 11.6. The normalized spacial score (nSPS) is 23.4. The third kappa shape index (κ3) is 6.56. The predicted molar refractivity (Wildman–Crippen MR) is 146 cm³/mol. The van der Waals surface area contributed by atoms with Crippen molar-refractivity contribution in [2.45, 2.75) is 95.0 Å². The molecule has 2 heterocycles. The van der Waals surface area contributed by atoms with Crippen molar-refractivity contribution in [2.24, 2.45) is 0 Å². The molecule has 0 saturated carbocycles. The molecule has 10 heteroatoms. The average Bonchev–Trinajstić information content (AvgIpc) is 3.47. The Morgan fingerprint density at radius 1 is 1.10 bits per heavy atom. The SMILES string of the molecule is CCCCN1CCc2cc3c(cc2[C@@H]2[C@H](OC(=O)[C@@](O)(CCCC(C)(C)O)CC(=O)OC)C(OC)=C[C@@H]21)OCO3. The van der Waals surface area contributed by atoms with E-state index >= 15 is 0 Å². The molecular weight excluding hydrogens is 518 g/mol. The van der Waals surface area contributed by atoms with E-state index in [2.05, 4.69) is 11.8 Å². The van der Waals surface area contributed by atoms with Gasteiger partial charge in [-0.2, -0.15) is 0 Å². The molecule has 0 aromatic heterocycles. The number of hydrogen-bond acceptors (Lipinski definition) is 10. The highest BCUT2D eigenvalue weighted by Gasteiger charge is 2.50. The van der Waals surface area contributed by atoms with Crippen LogP contribution in [0.25, 0.3) is 0 Å². The minimum atomic E-state index is -2.13. The number of ether oxygens (including phenoxy) is 5. The van der Waals surface area contributed by atoms with Gasteiger partial charge in [0.15, 0.2) is 23.2 Å². The summed E-state index contributed by atoms with van der Waals surface area (Å²) in [5.74, 6) is -0.136. The Morgan fingerprint density at radius 2 is 1.82 bits per heavy atom. The highest BCUT2D eigenvalue weighted by molar-refractivity contribution is 5.86. The van der Waals surface area contributed by atoms with Gasteiger partial charge >= 0.3 is 11.9 Å². The largest absolute Gasteiger partial charge is 0.497 e. The molecule has 1 aromatic rings. The number of nitrogens with zero attached hydrogens (tertiary/aromatic N) is 1. The standard InChI is InChI=1S/C30H43NO9/c1-6-7-12-31-13-9-19-14-22-23(39-18-38-22)15-20(19)26-21(31)16-24(36-4)27(26)40-28(33)30(35,17-25(32)37-5)11-8-10-29(2,3)34/h14-16,21,26-27,34-35H,6-13,17-18H2,1-5H3/t21-,26-,27+,30+/m0/s1. The Labute approximate surface area is 236 Å². The lowest BCUT2D eigenvalue weighted by Crippen LogP contribution is -2.46. The zero-order chi connectivity index (χ0) is 29.1. The maximum Gasteiger partial charge on any atom is 0.339 e. The fraction of sp³-hybridized carbons (Fsp3) is 0.667. The molecule has 222 valence electrons. The van der Waals surface area contributed by atoms with Gasteiger partial charge < -0.3 is 33.9 Å². The van der Waals surface area contributed by atoms with Gasteiger partial charge in [0, 0.05) is 18.5 Å². The van der Waals surface area contributed by atoms with E-state index in [1.807, 2.05) is 18.2 Å². The average molecular weight is 562 g/mol. The number of carbonyl (C=O) groups excluding carboxylic acids is 2. The van der Waals surface area contributed by atoms with Crippen LogP contribution in [0.2, 0.25) is 0 Å². The van der Waals surface area contributed by atoms with Crippen LogP contribution in [-0.4, -0.2) is 84.5 Å². The molecule has 0 amide bonds. The number of fused-ring (bicyclic) bond motifs is 4. The zero-order valence-corrected chi connectivity index (χ0v) is 24.2. The second kappa shape index (κ2) is 12.4. The third-order valence-corrected chi connectivity index (χ3v) is 8.09. The van der Waals surface area contributed by atoms with E-state index in [0.29, 0.717) is 30.1 Å². The van der Waals surface area contributed by atoms with Gasteiger partial charge in [0.2, 0.25) is 6.79 Å². The number of esters is 2. The molecule has 0 unspecified atom stereocenters. The first-order chi connectivity index (χ1) is 19.0. The van der Waals surface area contributed by atoms with Crippen LogP contribution in [0.3, 0.4) is 0 Å². The topological polar surface area (TPSA) is 124 Å². The van der Waals surface area contributed by atoms with Crippen molar-refractivity contribution in [3.63, 3.8) is 0 Å². The number of methoxy groups -OCH3 is 2.